The van der Waals surface area contributed by atoms with Crippen molar-refractivity contribution in [3.8, 4) is 5.69 Å². The number of thioether (sulfide) groups is 1. The van der Waals surface area contributed by atoms with Gasteiger partial charge in [0.1, 0.15) is 5.82 Å². The van der Waals surface area contributed by atoms with Crippen LogP contribution >= 0.6 is 23.1 Å². The van der Waals surface area contributed by atoms with E-state index >= 15 is 0 Å². The molecule has 0 saturated carbocycles. The van der Waals surface area contributed by atoms with Crippen molar-refractivity contribution in [3.63, 3.8) is 0 Å². The van der Waals surface area contributed by atoms with Crippen LogP contribution in [0.3, 0.4) is 0 Å². The Bertz CT molecular complexity index is 1210. The fourth-order valence-corrected chi connectivity index (χ4v) is 5.11. The number of anilines is 2. The standard InChI is InChI=1S/C23H23N5OS2/c1-15-8-10-20(11-9-15)27-17(3)25-26-23(27)31-14-19-13-30-22(24-19)28(18(4)29)21-7-5-6-16(2)12-21/h5-13H,14H2,1-4H3. The molecule has 0 bridgehead atoms. The second kappa shape index (κ2) is 9.03. The van der Waals surface area contributed by atoms with Gasteiger partial charge in [0.05, 0.1) is 11.4 Å². The van der Waals surface area contributed by atoms with E-state index in [4.69, 9.17) is 4.98 Å². The molecule has 0 aliphatic rings. The van der Waals surface area contributed by atoms with E-state index in [-0.39, 0.29) is 5.91 Å². The summed E-state index contributed by atoms with van der Waals surface area (Å²) < 4.78 is 2.05. The molecule has 0 saturated heterocycles. The molecule has 2 aromatic carbocycles. The summed E-state index contributed by atoms with van der Waals surface area (Å²) in [7, 11) is 0. The number of thiazole rings is 1. The van der Waals surface area contributed by atoms with E-state index in [0.717, 1.165) is 33.6 Å². The first-order chi connectivity index (χ1) is 14.9. The van der Waals surface area contributed by atoms with Crippen molar-refractivity contribution in [2.75, 3.05) is 4.90 Å². The summed E-state index contributed by atoms with van der Waals surface area (Å²) in [5, 5.41) is 12.1. The van der Waals surface area contributed by atoms with E-state index in [1.54, 1.807) is 23.6 Å². The molecule has 0 aliphatic carbocycles. The van der Waals surface area contributed by atoms with Crippen molar-refractivity contribution in [1.29, 1.82) is 0 Å². The number of carbonyl (C=O) groups excluding carboxylic acids is 1. The summed E-state index contributed by atoms with van der Waals surface area (Å²) >= 11 is 3.05. The van der Waals surface area contributed by atoms with E-state index in [1.807, 2.05) is 48.1 Å². The predicted octanol–water partition coefficient (Wildman–Crippen LogP) is 5.63. The molecule has 31 heavy (non-hydrogen) atoms. The average Bonchev–Trinajstić information content (AvgIpc) is 3.34. The Morgan fingerprint density at radius 3 is 2.55 bits per heavy atom. The van der Waals surface area contributed by atoms with Crippen molar-refractivity contribution in [1.82, 2.24) is 19.7 Å². The second-order valence-corrected chi connectivity index (χ2v) is 9.08. The number of hydrogen-bond donors (Lipinski definition) is 0. The quantitative estimate of drug-likeness (QED) is 0.357. The molecule has 0 atom stereocenters. The second-order valence-electron chi connectivity index (χ2n) is 7.30. The van der Waals surface area contributed by atoms with E-state index in [1.165, 1.54) is 16.9 Å². The minimum Gasteiger partial charge on any atom is -0.274 e. The van der Waals surface area contributed by atoms with Gasteiger partial charge < -0.3 is 0 Å². The normalized spacial score (nSPS) is 11.0. The largest absolute Gasteiger partial charge is 0.274 e. The van der Waals surface area contributed by atoms with Gasteiger partial charge in [-0.1, -0.05) is 41.6 Å². The van der Waals surface area contributed by atoms with Crippen molar-refractivity contribution in [2.45, 2.75) is 38.6 Å². The Labute approximate surface area is 190 Å². The molecule has 6 nitrogen and oxygen atoms in total. The maximum absolute atomic E-state index is 12.3. The number of aryl methyl sites for hydroxylation is 3. The first-order valence-electron chi connectivity index (χ1n) is 9.86. The van der Waals surface area contributed by atoms with E-state index in [9.17, 15) is 4.79 Å². The molecule has 0 N–H and O–H groups in total. The minimum absolute atomic E-state index is 0.0612. The van der Waals surface area contributed by atoms with Crippen LogP contribution in [0.5, 0.6) is 0 Å². The highest BCUT2D eigenvalue weighted by Gasteiger charge is 2.19. The zero-order valence-electron chi connectivity index (χ0n) is 17.9. The Kier molecular flexibility index (Phi) is 6.20. The molecule has 2 heterocycles. The lowest BCUT2D eigenvalue weighted by Gasteiger charge is -2.18. The van der Waals surface area contributed by atoms with Gasteiger partial charge in [-0.2, -0.15) is 0 Å². The molecular formula is C23H23N5OS2. The third-order valence-corrected chi connectivity index (χ3v) is 6.58. The Hall–Kier alpha value is -2.97. The number of carbonyl (C=O) groups is 1. The van der Waals surface area contributed by atoms with Crippen LogP contribution < -0.4 is 4.90 Å². The van der Waals surface area contributed by atoms with E-state index in [2.05, 4.69) is 41.4 Å². The van der Waals surface area contributed by atoms with E-state index < -0.39 is 0 Å². The SMILES string of the molecule is CC(=O)N(c1cccc(C)c1)c1nc(CSc2nnc(C)n2-c2ccc(C)cc2)cs1. The summed E-state index contributed by atoms with van der Waals surface area (Å²) in [6.45, 7) is 7.59. The number of benzene rings is 2. The smallest absolute Gasteiger partial charge is 0.230 e. The van der Waals surface area contributed by atoms with Gasteiger partial charge in [0.25, 0.3) is 0 Å². The number of nitrogens with zero attached hydrogens (tertiary/aromatic N) is 5. The molecule has 0 spiro atoms. The molecule has 0 fully saturated rings. The fourth-order valence-electron chi connectivity index (χ4n) is 3.23. The van der Waals surface area contributed by atoms with Crippen LogP contribution in [0, 0.1) is 20.8 Å². The topological polar surface area (TPSA) is 63.9 Å². The van der Waals surface area contributed by atoms with Crippen LogP contribution in [-0.2, 0) is 10.5 Å². The number of amides is 1. The number of hydrogen-bond acceptors (Lipinski definition) is 6. The summed E-state index contributed by atoms with van der Waals surface area (Å²) in [6, 6.07) is 16.2. The van der Waals surface area contributed by atoms with Crippen molar-refractivity contribution in [2.24, 2.45) is 0 Å². The highest BCUT2D eigenvalue weighted by molar-refractivity contribution is 7.98. The van der Waals surface area contributed by atoms with Gasteiger partial charge in [-0.15, -0.1) is 21.5 Å². The monoisotopic (exact) mass is 449 g/mol. The van der Waals surface area contributed by atoms with Crippen LogP contribution in [0.4, 0.5) is 10.8 Å². The fraction of sp³-hybridized carbons (Fsp3) is 0.217. The van der Waals surface area contributed by atoms with Crippen molar-refractivity contribution >= 4 is 39.8 Å². The molecule has 158 valence electrons. The Balaban J connectivity index is 1.54. The minimum atomic E-state index is -0.0612. The molecule has 4 aromatic rings. The maximum atomic E-state index is 12.3. The van der Waals surface area contributed by atoms with Gasteiger partial charge in [0.2, 0.25) is 5.91 Å². The molecule has 0 unspecified atom stereocenters. The van der Waals surface area contributed by atoms with Gasteiger partial charge in [-0.3, -0.25) is 14.3 Å². The lowest BCUT2D eigenvalue weighted by molar-refractivity contribution is -0.115. The average molecular weight is 450 g/mol. The van der Waals surface area contributed by atoms with Crippen molar-refractivity contribution in [3.05, 3.63) is 76.6 Å². The van der Waals surface area contributed by atoms with Gasteiger partial charge in [-0.25, -0.2) is 4.98 Å². The van der Waals surface area contributed by atoms with Gasteiger partial charge in [-0.05, 0) is 50.6 Å². The molecule has 0 radical (unpaired) electrons. The molecule has 0 aliphatic heterocycles. The summed E-state index contributed by atoms with van der Waals surface area (Å²) in [5.41, 5.74) is 5.08. The third-order valence-electron chi connectivity index (χ3n) is 4.74. The third kappa shape index (κ3) is 4.70. The molecule has 8 heteroatoms. The number of rotatable bonds is 6. The highest BCUT2D eigenvalue weighted by atomic mass is 32.2. The molecule has 1 amide bonds. The van der Waals surface area contributed by atoms with Crippen LogP contribution in [-0.4, -0.2) is 25.7 Å². The van der Waals surface area contributed by atoms with Crippen molar-refractivity contribution < 1.29 is 4.79 Å². The predicted molar refractivity (Wildman–Crippen MR) is 127 cm³/mol. The number of aromatic nitrogens is 4. The van der Waals surface area contributed by atoms with Gasteiger partial charge in [0, 0.05) is 23.7 Å². The zero-order chi connectivity index (χ0) is 22.0. The summed E-state index contributed by atoms with van der Waals surface area (Å²) in [5.74, 6) is 1.42. The van der Waals surface area contributed by atoms with Crippen LogP contribution in [0.2, 0.25) is 0 Å². The molecular weight excluding hydrogens is 426 g/mol. The Morgan fingerprint density at radius 1 is 1.06 bits per heavy atom. The first-order valence-corrected chi connectivity index (χ1v) is 11.7. The van der Waals surface area contributed by atoms with E-state index in [0.29, 0.717) is 10.9 Å². The van der Waals surface area contributed by atoms with Crippen LogP contribution in [0.15, 0.2) is 59.1 Å². The van der Waals surface area contributed by atoms with Gasteiger partial charge >= 0.3 is 0 Å². The molecule has 2 aromatic heterocycles. The van der Waals surface area contributed by atoms with Crippen LogP contribution in [0.25, 0.3) is 5.69 Å². The maximum Gasteiger partial charge on any atom is 0.230 e. The molecule has 4 rings (SSSR count). The summed E-state index contributed by atoms with van der Waals surface area (Å²) in [6.07, 6.45) is 0. The lowest BCUT2D eigenvalue weighted by atomic mass is 10.2. The Morgan fingerprint density at radius 2 is 1.84 bits per heavy atom. The lowest BCUT2D eigenvalue weighted by Crippen LogP contribution is -2.22. The zero-order valence-corrected chi connectivity index (χ0v) is 19.5. The first kappa shape index (κ1) is 21.3. The van der Waals surface area contributed by atoms with Crippen LogP contribution in [0.1, 0.15) is 29.6 Å². The highest BCUT2D eigenvalue weighted by Crippen LogP contribution is 2.32. The summed E-state index contributed by atoms with van der Waals surface area (Å²) in [4.78, 5) is 18.7. The van der Waals surface area contributed by atoms with Gasteiger partial charge in [0.15, 0.2) is 10.3 Å².